The fourth-order valence-corrected chi connectivity index (χ4v) is 2.39. The predicted octanol–water partition coefficient (Wildman–Crippen LogP) is 3.16. The fourth-order valence-electron chi connectivity index (χ4n) is 2.22. The van der Waals surface area contributed by atoms with Gasteiger partial charge in [0.15, 0.2) is 5.75 Å². The lowest BCUT2D eigenvalue weighted by molar-refractivity contribution is -0.117. The molecule has 0 spiro atoms. The average molecular weight is 290 g/mol. The molecule has 1 heterocycles. The number of anilines is 1. The Hall–Kier alpha value is -2.20. The topological polar surface area (TPSA) is 58.6 Å². The smallest absolute Gasteiger partial charge is 0.235 e. The molecule has 4 nitrogen and oxygen atoms in total. The van der Waals surface area contributed by atoms with Gasteiger partial charge in [0.05, 0.1) is 10.7 Å². The van der Waals surface area contributed by atoms with Crippen LogP contribution in [0.3, 0.4) is 0 Å². The molecule has 1 amide bonds. The first-order chi connectivity index (χ1) is 9.66. The standard InChI is InChI=1S/C15H12ClNO3/c16-11-5-3-6-12(14(11)18)17-15(19)10-8-20-13-7-2-1-4-9(10)13/h1-7,10,18H,8H2,(H,17,19)/t10-/m0/s1. The van der Waals surface area contributed by atoms with Crippen molar-refractivity contribution in [1.82, 2.24) is 0 Å². The van der Waals surface area contributed by atoms with Gasteiger partial charge in [0.25, 0.3) is 0 Å². The van der Waals surface area contributed by atoms with Crippen LogP contribution >= 0.6 is 11.6 Å². The number of ether oxygens (including phenoxy) is 1. The molecular weight excluding hydrogens is 278 g/mol. The van der Waals surface area contributed by atoms with Crippen molar-refractivity contribution in [3.05, 3.63) is 53.1 Å². The van der Waals surface area contributed by atoms with Crippen molar-refractivity contribution in [2.75, 3.05) is 11.9 Å². The molecule has 0 bridgehead atoms. The molecule has 20 heavy (non-hydrogen) atoms. The quantitative estimate of drug-likeness (QED) is 0.835. The van der Waals surface area contributed by atoms with E-state index in [9.17, 15) is 9.90 Å². The Morgan fingerprint density at radius 2 is 2.05 bits per heavy atom. The van der Waals surface area contributed by atoms with Crippen molar-refractivity contribution < 1.29 is 14.6 Å². The molecule has 1 aliphatic rings. The predicted molar refractivity (Wildman–Crippen MR) is 76.4 cm³/mol. The summed E-state index contributed by atoms with van der Waals surface area (Å²) in [6, 6.07) is 12.2. The molecule has 0 aromatic heterocycles. The third-order valence-corrected chi connectivity index (χ3v) is 3.57. The number of halogens is 1. The van der Waals surface area contributed by atoms with E-state index in [4.69, 9.17) is 16.3 Å². The average Bonchev–Trinajstić information content (AvgIpc) is 2.88. The fraction of sp³-hybridized carbons (Fsp3) is 0.133. The van der Waals surface area contributed by atoms with Gasteiger partial charge in [-0.2, -0.15) is 0 Å². The van der Waals surface area contributed by atoms with Gasteiger partial charge in [-0.15, -0.1) is 0 Å². The molecule has 0 aliphatic carbocycles. The second-order valence-electron chi connectivity index (χ2n) is 4.53. The molecule has 2 N–H and O–H groups in total. The number of amides is 1. The Labute approximate surface area is 120 Å². The third-order valence-electron chi connectivity index (χ3n) is 3.26. The van der Waals surface area contributed by atoms with Crippen molar-refractivity contribution in [2.45, 2.75) is 5.92 Å². The van der Waals surface area contributed by atoms with E-state index < -0.39 is 0 Å². The number of hydrogen-bond acceptors (Lipinski definition) is 3. The van der Waals surface area contributed by atoms with E-state index in [1.807, 2.05) is 24.3 Å². The maximum absolute atomic E-state index is 12.3. The van der Waals surface area contributed by atoms with E-state index in [1.54, 1.807) is 18.2 Å². The molecule has 0 saturated carbocycles. The first kappa shape index (κ1) is 12.8. The lowest BCUT2D eigenvalue weighted by Crippen LogP contribution is -2.22. The zero-order valence-electron chi connectivity index (χ0n) is 10.5. The number of benzene rings is 2. The minimum atomic E-state index is -0.385. The number of hydrogen-bond donors (Lipinski definition) is 2. The van der Waals surface area contributed by atoms with Gasteiger partial charge in [0, 0.05) is 5.56 Å². The van der Waals surface area contributed by atoms with Crippen molar-refractivity contribution in [1.29, 1.82) is 0 Å². The van der Waals surface area contributed by atoms with E-state index in [-0.39, 0.29) is 22.6 Å². The van der Waals surface area contributed by atoms with Crippen LogP contribution in [0, 0.1) is 0 Å². The number of carbonyl (C=O) groups is 1. The van der Waals surface area contributed by atoms with Gasteiger partial charge in [-0.05, 0) is 18.2 Å². The highest BCUT2D eigenvalue weighted by molar-refractivity contribution is 6.32. The summed E-state index contributed by atoms with van der Waals surface area (Å²) in [5.41, 5.74) is 1.15. The van der Waals surface area contributed by atoms with Crippen LogP contribution in [-0.4, -0.2) is 17.6 Å². The van der Waals surface area contributed by atoms with Crippen LogP contribution in [0.1, 0.15) is 11.5 Å². The van der Waals surface area contributed by atoms with Gasteiger partial charge in [-0.3, -0.25) is 4.79 Å². The Balaban J connectivity index is 1.83. The molecular formula is C15H12ClNO3. The normalized spacial score (nSPS) is 16.4. The zero-order valence-corrected chi connectivity index (χ0v) is 11.2. The van der Waals surface area contributed by atoms with Gasteiger partial charge >= 0.3 is 0 Å². The number of rotatable bonds is 2. The van der Waals surface area contributed by atoms with E-state index >= 15 is 0 Å². The Morgan fingerprint density at radius 3 is 2.90 bits per heavy atom. The minimum Gasteiger partial charge on any atom is -0.504 e. The summed E-state index contributed by atoms with van der Waals surface area (Å²) in [7, 11) is 0. The van der Waals surface area contributed by atoms with Crippen LogP contribution < -0.4 is 10.1 Å². The molecule has 3 rings (SSSR count). The van der Waals surface area contributed by atoms with E-state index in [0.717, 1.165) is 11.3 Å². The number of carbonyl (C=O) groups excluding carboxylic acids is 1. The lowest BCUT2D eigenvalue weighted by Gasteiger charge is -2.12. The Kier molecular flexibility index (Phi) is 3.24. The van der Waals surface area contributed by atoms with Gasteiger partial charge in [-0.1, -0.05) is 35.9 Å². The van der Waals surface area contributed by atoms with Crippen LogP contribution in [0.5, 0.6) is 11.5 Å². The number of phenolic OH excluding ortho intramolecular Hbond substituents is 1. The van der Waals surface area contributed by atoms with Crippen molar-refractivity contribution in [3.8, 4) is 11.5 Å². The molecule has 1 atom stereocenters. The summed E-state index contributed by atoms with van der Waals surface area (Å²) in [6.45, 7) is 0.298. The van der Waals surface area contributed by atoms with Crippen molar-refractivity contribution >= 4 is 23.2 Å². The molecule has 0 radical (unpaired) electrons. The number of aromatic hydroxyl groups is 1. The highest BCUT2D eigenvalue weighted by atomic mass is 35.5. The zero-order chi connectivity index (χ0) is 14.1. The maximum Gasteiger partial charge on any atom is 0.235 e. The molecule has 5 heteroatoms. The monoisotopic (exact) mass is 289 g/mol. The van der Waals surface area contributed by atoms with Crippen LogP contribution in [-0.2, 0) is 4.79 Å². The first-order valence-corrected chi connectivity index (χ1v) is 6.54. The molecule has 2 aromatic rings. The number of para-hydroxylation sites is 2. The molecule has 0 unspecified atom stereocenters. The second-order valence-corrected chi connectivity index (χ2v) is 4.93. The van der Waals surface area contributed by atoms with Gasteiger partial charge in [-0.25, -0.2) is 0 Å². The van der Waals surface area contributed by atoms with E-state index in [2.05, 4.69) is 5.32 Å². The minimum absolute atomic E-state index is 0.130. The summed E-state index contributed by atoms with van der Waals surface area (Å²) in [6.07, 6.45) is 0. The van der Waals surface area contributed by atoms with Crippen molar-refractivity contribution in [2.24, 2.45) is 0 Å². The molecule has 0 saturated heterocycles. The molecule has 0 fully saturated rings. The maximum atomic E-state index is 12.3. The first-order valence-electron chi connectivity index (χ1n) is 6.17. The second kappa shape index (κ2) is 5.06. The lowest BCUT2D eigenvalue weighted by atomic mass is 10.0. The number of phenols is 1. The highest BCUT2D eigenvalue weighted by Crippen LogP contribution is 2.36. The summed E-state index contributed by atoms with van der Waals surface area (Å²) in [4.78, 5) is 12.3. The molecule has 102 valence electrons. The summed E-state index contributed by atoms with van der Waals surface area (Å²) < 4.78 is 5.47. The van der Waals surface area contributed by atoms with E-state index in [1.165, 1.54) is 0 Å². The largest absolute Gasteiger partial charge is 0.504 e. The number of nitrogens with one attached hydrogen (secondary N) is 1. The highest BCUT2D eigenvalue weighted by Gasteiger charge is 2.30. The SMILES string of the molecule is O=C(Nc1cccc(Cl)c1O)[C@H]1COc2ccccc21. The number of fused-ring (bicyclic) bond motifs is 1. The Bertz CT molecular complexity index is 672. The summed E-state index contributed by atoms with van der Waals surface area (Å²) in [5, 5.41) is 12.7. The van der Waals surface area contributed by atoms with Crippen LogP contribution in [0.25, 0.3) is 0 Å². The van der Waals surface area contributed by atoms with Crippen LogP contribution in [0.2, 0.25) is 5.02 Å². The molecule has 1 aliphatic heterocycles. The van der Waals surface area contributed by atoms with E-state index in [0.29, 0.717) is 12.3 Å². The van der Waals surface area contributed by atoms with Crippen LogP contribution in [0.4, 0.5) is 5.69 Å². The van der Waals surface area contributed by atoms with Crippen molar-refractivity contribution in [3.63, 3.8) is 0 Å². The summed E-state index contributed by atoms with van der Waals surface area (Å²) in [5.74, 6) is -0.0187. The van der Waals surface area contributed by atoms with Crippen LogP contribution in [0.15, 0.2) is 42.5 Å². The van der Waals surface area contributed by atoms with Gasteiger partial charge in [0.2, 0.25) is 5.91 Å². The van der Waals surface area contributed by atoms with Gasteiger partial charge in [0.1, 0.15) is 18.3 Å². The molecule has 2 aromatic carbocycles. The van der Waals surface area contributed by atoms with Gasteiger partial charge < -0.3 is 15.2 Å². The summed E-state index contributed by atoms with van der Waals surface area (Å²) >= 11 is 5.81. The Morgan fingerprint density at radius 1 is 1.25 bits per heavy atom. The third kappa shape index (κ3) is 2.18.